The highest BCUT2D eigenvalue weighted by Gasteiger charge is 2.23. The molecule has 0 spiro atoms. The van der Waals surface area contributed by atoms with E-state index >= 15 is 0 Å². The first-order valence-electron chi connectivity index (χ1n) is 8.90. The third-order valence-corrected chi connectivity index (χ3v) is 6.88. The maximum Gasteiger partial charge on any atom is 0.267 e. The van der Waals surface area contributed by atoms with Crippen molar-refractivity contribution in [1.29, 1.82) is 5.26 Å². The molecule has 1 aliphatic carbocycles. The van der Waals surface area contributed by atoms with Crippen molar-refractivity contribution >= 4 is 33.3 Å². The summed E-state index contributed by atoms with van der Waals surface area (Å²) in [5, 5.41) is 10.3. The van der Waals surface area contributed by atoms with Gasteiger partial charge >= 0.3 is 0 Å². The normalized spacial score (nSPS) is 14.6. The molecule has 0 amide bonds. The monoisotopic (exact) mass is 397 g/mol. The van der Waals surface area contributed by atoms with E-state index in [9.17, 15) is 10.1 Å². The Kier molecular flexibility index (Phi) is 4.94. The first-order chi connectivity index (χ1) is 13.1. The second kappa shape index (κ2) is 7.37. The molecule has 2 heterocycles. The Labute approximate surface area is 165 Å². The molecule has 0 aliphatic heterocycles. The molecule has 0 saturated carbocycles. The molecule has 0 unspecified atom stereocenters. The summed E-state index contributed by atoms with van der Waals surface area (Å²) in [6.07, 6.45) is 4.24. The SMILES string of the molecule is COc1ccc(-n2c(S[C@H](C)C#N)nc3sc4c(c3c2=O)CCCC4)cc1. The van der Waals surface area contributed by atoms with Crippen molar-refractivity contribution in [2.75, 3.05) is 7.11 Å². The molecule has 1 aromatic carbocycles. The standard InChI is InChI=1S/C20H19N3O2S2/c1-12(11-21)26-20-22-18-17(15-5-3-4-6-16(15)27-18)19(24)23(20)13-7-9-14(25-2)10-8-13/h7-10,12H,3-6H2,1-2H3/t12-/m1/s1. The van der Waals surface area contributed by atoms with Gasteiger partial charge in [-0.1, -0.05) is 11.8 Å². The number of rotatable bonds is 4. The van der Waals surface area contributed by atoms with Crippen LogP contribution < -0.4 is 10.3 Å². The van der Waals surface area contributed by atoms with Crippen molar-refractivity contribution in [3.8, 4) is 17.5 Å². The number of aryl methyl sites for hydroxylation is 2. The van der Waals surface area contributed by atoms with Crippen molar-refractivity contribution in [1.82, 2.24) is 9.55 Å². The minimum Gasteiger partial charge on any atom is -0.497 e. The third-order valence-electron chi connectivity index (χ3n) is 4.75. The molecule has 5 nitrogen and oxygen atoms in total. The van der Waals surface area contributed by atoms with E-state index in [0.717, 1.165) is 40.9 Å². The predicted octanol–water partition coefficient (Wildman–Crippen LogP) is 4.34. The predicted molar refractivity (Wildman–Crippen MR) is 109 cm³/mol. The van der Waals surface area contributed by atoms with Crippen LogP contribution in [0.25, 0.3) is 15.9 Å². The molecule has 0 saturated heterocycles. The number of nitrogens with zero attached hydrogens (tertiary/aromatic N) is 3. The summed E-state index contributed by atoms with van der Waals surface area (Å²) in [4.78, 5) is 20.4. The van der Waals surface area contributed by atoms with E-state index in [2.05, 4.69) is 6.07 Å². The molecule has 2 aromatic heterocycles. The average molecular weight is 398 g/mol. The molecule has 0 N–H and O–H groups in total. The van der Waals surface area contributed by atoms with Gasteiger partial charge in [-0.05, 0) is 62.4 Å². The minimum absolute atomic E-state index is 0.0443. The first kappa shape index (κ1) is 18.1. The van der Waals surface area contributed by atoms with E-state index in [4.69, 9.17) is 9.72 Å². The molecular formula is C20H19N3O2S2. The lowest BCUT2D eigenvalue weighted by Crippen LogP contribution is -2.22. The molecule has 7 heteroatoms. The molecule has 0 fully saturated rings. The van der Waals surface area contributed by atoms with Crippen molar-refractivity contribution in [3.63, 3.8) is 0 Å². The van der Waals surface area contributed by atoms with Gasteiger partial charge in [0, 0.05) is 4.88 Å². The first-order valence-corrected chi connectivity index (χ1v) is 10.6. The number of benzene rings is 1. The number of nitriles is 1. The van der Waals surface area contributed by atoms with Gasteiger partial charge < -0.3 is 4.74 Å². The lowest BCUT2D eigenvalue weighted by molar-refractivity contribution is 0.414. The summed E-state index contributed by atoms with van der Waals surface area (Å²) in [6, 6.07) is 9.59. The van der Waals surface area contributed by atoms with Crippen molar-refractivity contribution in [3.05, 3.63) is 45.1 Å². The van der Waals surface area contributed by atoms with Gasteiger partial charge in [-0.15, -0.1) is 11.3 Å². The highest BCUT2D eigenvalue weighted by molar-refractivity contribution is 8.00. The Bertz CT molecular complexity index is 1090. The number of hydrogen-bond donors (Lipinski definition) is 0. The van der Waals surface area contributed by atoms with E-state index in [1.165, 1.54) is 28.6 Å². The lowest BCUT2D eigenvalue weighted by Gasteiger charge is -2.14. The molecule has 4 rings (SSSR count). The Hall–Kier alpha value is -2.30. The Morgan fingerprint density at radius 1 is 1.30 bits per heavy atom. The van der Waals surface area contributed by atoms with Crippen LogP contribution in [-0.4, -0.2) is 21.9 Å². The second-order valence-electron chi connectivity index (χ2n) is 6.51. The van der Waals surface area contributed by atoms with Crippen LogP contribution >= 0.6 is 23.1 Å². The van der Waals surface area contributed by atoms with Crippen LogP contribution in [0.3, 0.4) is 0 Å². The number of fused-ring (bicyclic) bond motifs is 3. The molecule has 1 aliphatic rings. The van der Waals surface area contributed by atoms with E-state index in [1.54, 1.807) is 23.0 Å². The lowest BCUT2D eigenvalue weighted by atomic mass is 9.97. The van der Waals surface area contributed by atoms with Crippen LogP contribution in [0.2, 0.25) is 0 Å². The molecule has 1 atom stereocenters. The van der Waals surface area contributed by atoms with Crippen LogP contribution in [0.4, 0.5) is 0 Å². The average Bonchev–Trinajstić information content (AvgIpc) is 3.06. The molecule has 138 valence electrons. The van der Waals surface area contributed by atoms with Gasteiger partial charge in [-0.25, -0.2) is 4.98 Å². The van der Waals surface area contributed by atoms with Gasteiger partial charge in [0.05, 0.1) is 29.5 Å². The van der Waals surface area contributed by atoms with Gasteiger partial charge in [0.15, 0.2) is 5.16 Å². The smallest absolute Gasteiger partial charge is 0.267 e. The van der Waals surface area contributed by atoms with Gasteiger partial charge in [0.25, 0.3) is 5.56 Å². The third kappa shape index (κ3) is 3.24. The Morgan fingerprint density at radius 3 is 2.74 bits per heavy atom. The summed E-state index contributed by atoms with van der Waals surface area (Å²) < 4.78 is 6.87. The van der Waals surface area contributed by atoms with E-state index in [-0.39, 0.29) is 10.8 Å². The van der Waals surface area contributed by atoms with Gasteiger partial charge in [0.1, 0.15) is 10.6 Å². The number of methoxy groups -OCH3 is 1. The molecule has 3 aromatic rings. The summed E-state index contributed by atoms with van der Waals surface area (Å²) in [5.74, 6) is 0.730. The largest absolute Gasteiger partial charge is 0.497 e. The summed E-state index contributed by atoms with van der Waals surface area (Å²) in [6.45, 7) is 1.82. The fourth-order valence-corrected chi connectivity index (χ4v) is 5.53. The molecule has 0 bridgehead atoms. The van der Waals surface area contributed by atoms with E-state index < -0.39 is 0 Å². The second-order valence-corrected chi connectivity index (χ2v) is 8.90. The van der Waals surface area contributed by atoms with Gasteiger partial charge in [-0.2, -0.15) is 5.26 Å². The molecule has 0 radical (unpaired) electrons. The Balaban J connectivity index is 1.97. The summed E-state index contributed by atoms with van der Waals surface area (Å²) in [5.41, 5.74) is 1.86. The number of ether oxygens (including phenoxy) is 1. The van der Waals surface area contributed by atoms with Gasteiger partial charge in [0.2, 0.25) is 0 Å². The van der Waals surface area contributed by atoms with Crippen LogP contribution in [0.15, 0.2) is 34.2 Å². The molecular weight excluding hydrogens is 378 g/mol. The number of aromatic nitrogens is 2. The van der Waals surface area contributed by atoms with E-state index in [1.807, 2.05) is 31.2 Å². The van der Waals surface area contributed by atoms with Crippen molar-refractivity contribution in [2.45, 2.75) is 43.0 Å². The van der Waals surface area contributed by atoms with Crippen LogP contribution in [0, 0.1) is 11.3 Å². The minimum atomic E-state index is -0.298. The maximum absolute atomic E-state index is 13.5. The highest BCUT2D eigenvalue weighted by atomic mass is 32.2. The zero-order chi connectivity index (χ0) is 19.0. The van der Waals surface area contributed by atoms with E-state index in [0.29, 0.717) is 5.16 Å². The summed E-state index contributed by atoms with van der Waals surface area (Å²) >= 11 is 2.95. The molecule has 27 heavy (non-hydrogen) atoms. The Morgan fingerprint density at radius 2 is 2.04 bits per heavy atom. The quantitative estimate of drug-likeness (QED) is 0.484. The van der Waals surface area contributed by atoms with Crippen LogP contribution in [0.1, 0.15) is 30.2 Å². The number of thiophene rings is 1. The maximum atomic E-state index is 13.5. The fraction of sp³-hybridized carbons (Fsp3) is 0.350. The highest BCUT2D eigenvalue weighted by Crippen LogP contribution is 2.35. The van der Waals surface area contributed by atoms with Crippen molar-refractivity contribution < 1.29 is 4.74 Å². The topological polar surface area (TPSA) is 67.9 Å². The van der Waals surface area contributed by atoms with Crippen molar-refractivity contribution in [2.24, 2.45) is 0 Å². The van der Waals surface area contributed by atoms with Gasteiger partial charge in [-0.3, -0.25) is 9.36 Å². The van der Waals surface area contributed by atoms with Crippen LogP contribution in [-0.2, 0) is 12.8 Å². The zero-order valence-corrected chi connectivity index (χ0v) is 16.8. The summed E-state index contributed by atoms with van der Waals surface area (Å²) in [7, 11) is 1.61. The fourth-order valence-electron chi connectivity index (χ4n) is 3.41. The van der Waals surface area contributed by atoms with Crippen LogP contribution in [0.5, 0.6) is 5.75 Å². The number of hydrogen-bond acceptors (Lipinski definition) is 6. The zero-order valence-electron chi connectivity index (χ0n) is 15.2. The number of thioether (sulfide) groups is 1.